The molecule has 3 saturated carbocycles. The van der Waals surface area contributed by atoms with Crippen molar-refractivity contribution in [2.24, 2.45) is 17.3 Å². The number of ketones is 1. The van der Waals surface area contributed by atoms with Gasteiger partial charge in [0.25, 0.3) is 12.4 Å². The normalized spacial score (nSPS) is 29.4. The molecule has 1 amide bonds. The number of Topliss-reactive ketones (excluding diaryl/α,β-unsaturated/α-hetero) is 1. The highest BCUT2D eigenvalue weighted by atomic mass is 35.5. The number of carbonyl (C=O) groups is 3. The molecule has 5 rings (SSSR count). The lowest BCUT2D eigenvalue weighted by atomic mass is 9.83. The van der Waals surface area contributed by atoms with Crippen LogP contribution in [0.4, 0.5) is 0 Å². The number of amides is 1. The minimum absolute atomic E-state index is 0.0168. The Bertz CT molecular complexity index is 1240. The third kappa shape index (κ3) is 4.84. The quantitative estimate of drug-likeness (QED) is 0.278. The number of halogens is 3. The molecule has 2 aromatic heterocycles. The van der Waals surface area contributed by atoms with E-state index >= 15 is 0 Å². The number of aromatic nitrogens is 3. The summed E-state index contributed by atoms with van der Waals surface area (Å²) in [6.07, 6.45) is 8.66. The van der Waals surface area contributed by atoms with Gasteiger partial charge in [-0.1, -0.05) is 48.7 Å². The van der Waals surface area contributed by atoms with Gasteiger partial charge in [0.1, 0.15) is 10.8 Å². The zero-order valence-electron chi connectivity index (χ0n) is 21.6. The lowest BCUT2D eigenvalue weighted by Crippen LogP contribution is -2.43. The number of hydrogen-bond donors (Lipinski definition) is 0. The number of pyridine rings is 1. The van der Waals surface area contributed by atoms with Gasteiger partial charge in [0.2, 0.25) is 0 Å². The standard InChI is InChI=1S/C27H31Cl3N4O4/c1-26(2)18-8-16(9-19(18)26)33(13-22(36)23-20(28)11-31-12-21(23)29)25(37)17-10-32-34(24(17)30)15-4-6-27(3,7-5-15)38-14-35/h10-12,14-16,18-19H,4-9,13H2,1-3H3/t15?,16?,18-,19+,27?. The van der Waals surface area contributed by atoms with Gasteiger partial charge in [0.05, 0.1) is 40.0 Å². The summed E-state index contributed by atoms with van der Waals surface area (Å²) in [4.78, 5) is 43.7. The second-order valence-electron chi connectivity index (χ2n) is 11.7. The fraction of sp³-hybridized carbons (Fsp3) is 0.593. The Morgan fingerprint density at radius 1 is 1.08 bits per heavy atom. The molecule has 0 radical (unpaired) electrons. The van der Waals surface area contributed by atoms with Crippen LogP contribution in [0.3, 0.4) is 0 Å². The van der Waals surface area contributed by atoms with Crippen molar-refractivity contribution in [1.29, 1.82) is 0 Å². The third-order valence-electron chi connectivity index (χ3n) is 9.14. The topological polar surface area (TPSA) is 94.4 Å². The van der Waals surface area contributed by atoms with Gasteiger partial charge in [-0.3, -0.25) is 24.0 Å². The van der Waals surface area contributed by atoms with Gasteiger partial charge >= 0.3 is 0 Å². The first-order chi connectivity index (χ1) is 18.0. The fourth-order valence-electron chi connectivity index (χ4n) is 6.60. The van der Waals surface area contributed by atoms with Crippen LogP contribution in [0.1, 0.15) is 86.1 Å². The molecule has 38 heavy (non-hydrogen) atoms. The summed E-state index contributed by atoms with van der Waals surface area (Å²) < 4.78 is 6.96. The van der Waals surface area contributed by atoms with E-state index in [1.807, 2.05) is 6.92 Å². The number of rotatable bonds is 8. The van der Waals surface area contributed by atoms with Gasteiger partial charge in [0, 0.05) is 18.4 Å². The van der Waals surface area contributed by atoms with E-state index in [0.29, 0.717) is 44.0 Å². The summed E-state index contributed by atoms with van der Waals surface area (Å²) in [5.41, 5.74) is 0.191. The summed E-state index contributed by atoms with van der Waals surface area (Å²) >= 11 is 19.3. The lowest BCUT2D eigenvalue weighted by molar-refractivity contribution is -0.145. The lowest BCUT2D eigenvalue weighted by Gasteiger charge is -2.35. The first kappa shape index (κ1) is 27.4. The highest BCUT2D eigenvalue weighted by Crippen LogP contribution is 2.67. The van der Waals surface area contributed by atoms with Gasteiger partial charge in [-0.15, -0.1) is 0 Å². The van der Waals surface area contributed by atoms with Crippen molar-refractivity contribution in [3.63, 3.8) is 0 Å². The summed E-state index contributed by atoms with van der Waals surface area (Å²) in [7, 11) is 0. The zero-order chi connectivity index (χ0) is 27.4. The minimum atomic E-state index is -0.500. The molecule has 3 fully saturated rings. The highest BCUT2D eigenvalue weighted by molar-refractivity contribution is 6.39. The van der Waals surface area contributed by atoms with Gasteiger partial charge in [0.15, 0.2) is 5.78 Å². The van der Waals surface area contributed by atoms with Crippen LogP contribution in [0.25, 0.3) is 0 Å². The molecule has 0 N–H and O–H groups in total. The predicted octanol–water partition coefficient (Wildman–Crippen LogP) is 6.04. The van der Waals surface area contributed by atoms with Gasteiger partial charge in [-0.2, -0.15) is 5.10 Å². The number of carbonyl (C=O) groups excluding carboxylic acids is 3. The Balaban J connectivity index is 1.38. The van der Waals surface area contributed by atoms with E-state index < -0.39 is 5.60 Å². The predicted molar refractivity (Wildman–Crippen MR) is 144 cm³/mol. The van der Waals surface area contributed by atoms with Crippen LogP contribution in [-0.4, -0.2) is 56.0 Å². The zero-order valence-corrected chi connectivity index (χ0v) is 23.9. The average molecular weight is 582 g/mol. The summed E-state index contributed by atoms with van der Waals surface area (Å²) in [5.74, 6) is 0.370. The Hall–Kier alpha value is -2.16. The molecule has 0 saturated heterocycles. The number of nitrogens with zero attached hydrogens (tertiary/aromatic N) is 4. The molecule has 0 aliphatic heterocycles. The second kappa shape index (κ2) is 10.1. The molecular formula is C27H31Cl3N4O4. The molecule has 0 aromatic carbocycles. The van der Waals surface area contributed by atoms with Crippen molar-refractivity contribution < 1.29 is 19.1 Å². The van der Waals surface area contributed by atoms with Crippen LogP contribution >= 0.6 is 34.8 Å². The maximum atomic E-state index is 14.0. The highest BCUT2D eigenvalue weighted by Gasteiger charge is 2.63. The Morgan fingerprint density at radius 3 is 2.26 bits per heavy atom. The molecular weight excluding hydrogens is 551 g/mol. The molecule has 0 bridgehead atoms. The van der Waals surface area contributed by atoms with Crippen molar-refractivity contribution in [3.8, 4) is 0 Å². The number of ether oxygens (including phenoxy) is 1. The van der Waals surface area contributed by atoms with Gasteiger partial charge in [-0.25, -0.2) is 0 Å². The average Bonchev–Trinajstić information content (AvgIpc) is 3.24. The third-order valence-corrected chi connectivity index (χ3v) is 10.1. The molecule has 3 atom stereocenters. The number of fused-ring (bicyclic) bond motifs is 1. The van der Waals surface area contributed by atoms with Crippen LogP contribution in [-0.2, 0) is 9.53 Å². The van der Waals surface area contributed by atoms with Crippen LogP contribution < -0.4 is 0 Å². The monoisotopic (exact) mass is 580 g/mol. The van der Waals surface area contributed by atoms with Crippen molar-refractivity contribution in [1.82, 2.24) is 19.7 Å². The molecule has 1 unspecified atom stereocenters. The van der Waals surface area contributed by atoms with Crippen molar-refractivity contribution in [3.05, 3.63) is 44.9 Å². The van der Waals surface area contributed by atoms with Gasteiger partial charge < -0.3 is 9.64 Å². The van der Waals surface area contributed by atoms with Gasteiger partial charge in [-0.05, 0) is 62.7 Å². The second-order valence-corrected chi connectivity index (χ2v) is 12.9. The van der Waals surface area contributed by atoms with Crippen LogP contribution in [0.15, 0.2) is 18.6 Å². The molecule has 0 spiro atoms. The number of hydrogen-bond acceptors (Lipinski definition) is 6. The minimum Gasteiger partial charge on any atom is -0.462 e. The fourth-order valence-corrected chi connectivity index (χ4v) is 7.49. The van der Waals surface area contributed by atoms with Crippen molar-refractivity contribution in [2.75, 3.05) is 6.54 Å². The molecule has 8 nitrogen and oxygen atoms in total. The Morgan fingerprint density at radius 2 is 1.68 bits per heavy atom. The smallest absolute Gasteiger partial charge is 0.293 e. The van der Waals surface area contributed by atoms with E-state index in [9.17, 15) is 14.4 Å². The SMILES string of the molecule is CC1(OC=O)CCC(n2ncc(C(=O)N(CC(=O)c3c(Cl)cncc3Cl)C3C[C@@H]4[C@H](C3)C4(C)C)c2Cl)CC1. The molecule has 3 aliphatic carbocycles. The van der Waals surface area contributed by atoms with Crippen LogP contribution in [0.5, 0.6) is 0 Å². The van der Waals surface area contributed by atoms with E-state index in [4.69, 9.17) is 39.5 Å². The first-order valence-electron chi connectivity index (χ1n) is 12.9. The maximum absolute atomic E-state index is 14.0. The van der Waals surface area contributed by atoms with E-state index in [0.717, 1.165) is 12.8 Å². The molecule has 11 heteroatoms. The van der Waals surface area contributed by atoms with E-state index in [1.165, 1.54) is 18.6 Å². The Labute approximate surface area is 236 Å². The molecule has 2 aromatic rings. The molecule has 2 heterocycles. The Kier molecular flexibility index (Phi) is 7.29. The summed E-state index contributed by atoms with van der Waals surface area (Å²) in [6.45, 7) is 6.75. The molecule has 3 aliphatic rings. The van der Waals surface area contributed by atoms with E-state index in [2.05, 4.69) is 23.9 Å². The first-order valence-corrected chi connectivity index (χ1v) is 14.1. The van der Waals surface area contributed by atoms with Crippen molar-refractivity contribution >= 4 is 53.0 Å². The van der Waals surface area contributed by atoms with E-state index in [1.54, 1.807) is 9.58 Å². The summed E-state index contributed by atoms with van der Waals surface area (Å²) in [6, 6.07) is -0.110. The molecule has 204 valence electrons. The maximum Gasteiger partial charge on any atom is 0.293 e. The van der Waals surface area contributed by atoms with Crippen LogP contribution in [0.2, 0.25) is 15.2 Å². The largest absolute Gasteiger partial charge is 0.462 e. The summed E-state index contributed by atoms with van der Waals surface area (Å²) in [5, 5.41) is 5.02. The van der Waals surface area contributed by atoms with Crippen molar-refractivity contribution in [2.45, 2.75) is 77.0 Å². The van der Waals surface area contributed by atoms with E-state index in [-0.39, 0.29) is 62.1 Å². The van der Waals surface area contributed by atoms with Crippen LogP contribution in [0, 0.1) is 17.3 Å².